The van der Waals surface area contributed by atoms with Crippen LogP contribution < -0.4 is 5.32 Å². The average Bonchev–Trinajstić information content (AvgIpc) is 3.18. The predicted molar refractivity (Wildman–Crippen MR) is 86.3 cm³/mol. The zero-order chi connectivity index (χ0) is 13.8. The summed E-state index contributed by atoms with van der Waals surface area (Å²) in [5, 5.41) is 7.91. The molecule has 20 heavy (non-hydrogen) atoms. The Morgan fingerprint density at radius 3 is 2.95 bits per heavy atom. The molecule has 0 aliphatic rings. The molecule has 0 bridgehead atoms. The minimum absolute atomic E-state index is 0.411. The van der Waals surface area contributed by atoms with E-state index in [1.807, 2.05) is 23.5 Å². The second-order valence-electron chi connectivity index (χ2n) is 4.84. The van der Waals surface area contributed by atoms with Crippen molar-refractivity contribution in [3.8, 4) is 10.4 Å². The van der Waals surface area contributed by atoms with E-state index in [0.717, 1.165) is 18.7 Å². The van der Waals surface area contributed by atoms with Gasteiger partial charge in [0, 0.05) is 34.3 Å². The van der Waals surface area contributed by atoms with Crippen LogP contribution >= 0.6 is 22.7 Å². The number of rotatable bonds is 6. The fraction of sp³-hybridized carbons (Fsp3) is 0.250. The van der Waals surface area contributed by atoms with Crippen molar-refractivity contribution in [1.29, 1.82) is 0 Å². The van der Waals surface area contributed by atoms with Gasteiger partial charge in [0.1, 0.15) is 5.76 Å². The molecule has 0 aliphatic heterocycles. The van der Waals surface area contributed by atoms with Crippen LogP contribution in [0.4, 0.5) is 0 Å². The SMILES string of the molecule is CC(Cc1ccco1)NCc1cc(-c2cccs2)cs1. The molecule has 0 aromatic carbocycles. The summed E-state index contributed by atoms with van der Waals surface area (Å²) in [4.78, 5) is 2.72. The van der Waals surface area contributed by atoms with E-state index < -0.39 is 0 Å². The molecule has 0 amide bonds. The molecule has 3 rings (SSSR count). The Bertz CT molecular complexity index is 625. The zero-order valence-corrected chi connectivity index (χ0v) is 13.0. The van der Waals surface area contributed by atoms with Gasteiger partial charge in [0.2, 0.25) is 0 Å². The zero-order valence-electron chi connectivity index (χ0n) is 11.3. The van der Waals surface area contributed by atoms with Crippen molar-refractivity contribution >= 4 is 22.7 Å². The first-order valence-corrected chi connectivity index (χ1v) is 8.44. The van der Waals surface area contributed by atoms with Crippen molar-refractivity contribution in [2.24, 2.45) is 0 Å². The summed E-state index contributed by atoms with van der Waals surface area (Å²) in [7, 11) is 0. The lowest BCUT2D eigenvalue weighted by Crippen LogP contribution is -2.26. The Kier molecular flexibility index (Phi) is 4.35. The highest BCUT2D eigenvalue weighted by Gasteiger charge is 2.07. The van der Waals surface area contributed by atoms with Crippen LogP contribution in [-0.2, 0) is 13.0 Å². The van der Waals surface area contributed by atoms with Gasteiger partial charge in [0.05, 0.1) is 6.26 Å². The number of furan rings is 1. The maximum atomic E-state index is 5.37. The summed E-state index contributed by atoms with van der Waals surface area (Å²) in [6.07, 6.45) is 2.66. The van der Waals surface area contributed by atoms with Gasteiger partial charge in [-0.05, 0) is 41.9 Å². The molecule has 3 aromatic heterocycles. The lowest BCUT2D eigenvalue weighted by Gasteiger charge is -2.11. The minimum Gasteiger partial charge on any atom is -0.469 e. The van der Waals surface area contributed by atoms with E-state index in [9.17, 15) is 0 Å². The highest BCUT2D eigenvalue weighted by atomic mass is 32.1. The monoisotopic (exact) mass is 303 g/mol. The number of nitrogens with one attached hydrogen (secondary N) is 1. The van der Waals surface area contributed by atoms with E-state index in [-0.39, 0.29) is 0 Å². The van der Waals surface area contributed by atoms with Gasteiger partial charge in [-0.1, -0.05) is 6.07 Å². The highest BCUT2D eigenvalue weighted by molar-refractivity contribution is 7.14. The Labute approximate surface area is 127 Å². The molecule has 0 spiro atoms. The van der Waals surface area contributed by atoms with E-state index in [1.54, 1.807) is 17.6 Å². The normalized spacial score (nSPS) is 12.7. The Balaban J connectivity index is 1.53. The first-order valence-electron chi connectivity index (χ1n) is 6.68. The van der Waals surface area contributed by atoms with Crippen LogP contribution in [0.3, 0.4) is 0 Å². The quantitative estimate of drug-likeness (QED) is 0.708. The molecule has 4 heteroatoms. The molecule has 0 aliphatic carbocycles. The maximum Gasteiger partial charge on any atom is 0.105 e. The van der Waals surface area contributed by atoms with E-state index in [2.05, 4.69) is 41.2 Å². The second-order valence-corrected chi connectivity index (χ2v) is 6.79. The van der Waals surface area contributed by atoms with E-state index in [4.69, 9.17) is 4.42 Å². The van der Waals surface area contributed by atoms with Crippen molar-refractivity contribution in [3.63, 3.8) is 0 Å². The highest BCUT2D eigenvalue weighted by Crippen LogP contribution is 2.29. The topological polar surface area (TPSA) is 25.2 Å². The molecule has 0 fully saturated rings. The fourth-order valence-electron chi connectivity index (χ4n) is 2.12. The van der Waals surface area contributed by atoms with Gasteiger partial charge < -0.3 is 9.73 Å². The minimum atomic E-state index is 0.411. The van der Waals surface area contributed by atoms with Crippen LogP contribution in [0.5, 0.6) is 0 Å². The van der Waals surface area contributed by atoms with Crippen LogP contribution in [0.1, 0.15) is 17.6 Å². The lowest BCUT2D eigenvalue weighted by atomic mass is 10.2. The third-order valence-electron chi connectivity index (χ3n) is 3.17. The molecule has 1 unspecified atom stereocenters. The molecule has 1 atom stereocenters. The molecule has 3 heterocycles. The molecule has 104 valence electrons. The second kappa shape index (κ2) is 6.39. The van der Waals surface area contributed by atoms with Crippen LogP contribution in [0.2, 0.25) is 0 Å². The third kappa shape index (κ3) is 3.39. The van der Waals surface area contributed by atoms with Gasteiger partial charge in [0.25, 0.3) is 0 Å². The van der Waals surface area contributed by atoms with Crippen LogP contribution in [0, 0.1) is 0 Å². The molecule has 0 saturated carbocycles. The summed E-state index contributed by atoms with van der Waals surface area (Å²) >= 11 is 3.61. The van der Waals surface area contributed by atoms with Gasteiger partial charge in [-0.3, -0.25) is 0 Å². The lowest BCUT2D eigenvalue weighted by molar-refractivity contribution is 0.457. The summed E-state index contributed by atoms with van der Waals surface area (Å²) in [5.41, 5.74) is 1.33. The van der Waals surface area contributed by atoms with Crippen molar-refractivity contribution in [2.75, 3.05) is 0 Å². The van der Waals surface area contributed by atoms with Gasteiger partial charge in [-0.25, -0.2) is 0 Å². The van der Waals surface area contributed by atoms with Crippen molar-refractivity contribution in [1.82, 2.24) is 5.32 Å². The summed E-state index contributed by atoms with van der Waals surface area (Å²) < 4.78 is 5.37. The molecule has 3 aromatic rings. The van der Waals surface area contributed by atoms with Gasteiger partial charge in [0.15, 0.2) is 0 Å². The Morgan fingerprint density at radius 1 is 1.25 bits per heavy atom. The first-order chi connectivity index (χ1) is 9.81. The molecule has 1 N–H and O–H groups in total. The largest absolute Gasteiger partial charge is 0.469 e. The van der Waals surface area contributed by atoms with Crippen molar-refractivity contribution in [2.45, 2.75) is 25.9 Å². The predicted octanol–water partition coefficient (Wildman–Crippen LogP) is 4.79. The summed E-state index contributed by atoms with van der Waals surface area (Å²) in [6.45, 7) is 3.11. The fourth-order valence-corrected chi connectivity index (χ4v) is 3.75. The first kappa shape index (κ1) is 13.6. The number of hydrogen-bond acceptors (Lipinski definition) is 4. The summed E-state index contributed by atoms with van der Waals surface area (Å²) in [5.74, 6) is 1.04. The van der Waals surface area contributed by atoms with Gasteiger partial charge in [-0.2, -0.15) is 0 Å². The van der Waals surface area contributed by atoms with E-state index >= 15 is 0 Å². The van der Waals surface area contributed by atoms with E-state index in [0.29, 0.717) is 6.04 Å². The van der Waals surface area contributed by atoms with Gasteiger partial charge >= 0.3 is 0 Å². The molecular formula is C16H17NOS2. The van der Waals surface area contributed by atoms with Crippen LogP contribution in [0.15, 0.2) is 51.8 Å². The third-order valence-corrected chi connectivity index (χ3v) is 5.03. The standard InChI is InChI=1S/C16H17NOS2/c1-12(8-14-4-2-6-18-14)17-10-15-9-13(11-20-15)16-5-3-7-19-16/h2-7,9,11-12,17H,8,10H2,1H3. The summed E-state index contributed by atoms with van der Waals surface area (Å²) in [6, 6.07) is 10.9. The Morgan fingerprint density at radius 2 is 2.20 bits per heavy atom. The van der Waals surface area contributed by atoms with Crippen molar-refractivity contribution in [3.05, 3.63) is 58.0 Å². The smallest absolute Gasteiger partial charge is 0.105 e. The van der Waals surface area contributed by atoms with Crippen LogP contribution in [-0.4, -0.2) is 6.04 Å². The van der Waals surface area contributed by atoms with Gasteiger partial charge in [-0.15, -0.1) is 22.7 Å². The molecule has 0 saturated heterocycles. The van der Waals surface area contributed by atoms with E-state index in [1.165, 1.54) is 15.3 Å². The number of hydrogen-bond donors (Lipinski definition) is 1. The Hall–Kier alpha value is -1.36. The number of thiophene rings is 2. The van der Waals surface area contributed by atoms with Crippen molar-refractivity contribution < 1.29 is 4.42 Å². The molecular weight excluding hydrogens is 286 g/mol. The average molecular weight is 303 g/mol. The maximum absolute atomic E-state index is 5.37. The molecule has 2 nitrogen and oxygen atoms in total. The van der Waals surface area contributed by atoms with Crippen LogP contribution in [0.25, 0.3) is 10.4 Å². The molecule has 0 radical (unpaired) electrons.